The Balaban J connectivity index is 1.80. The van der Waals surface area contributed by atoms with E-state index < -0.39 is 22.0 Å². The van der Waals surface area contributed by atoms with Gasteiger partial charge in [0.15, 0.2) is 11.5 Å². The number of nitrogens with zero attached hydrogens (tertiary/aromatic N) is 1. The van der Waals surface area contributed by atoms with Crippen LogP contribution in [0.25, 0.3) is 5.57 Å². The van der Waals surface area contributed by atoms with Gasteiger partial charge in [0.2, 0.25) is 16.8 Å². The van der Waals surface area contributed by atoms with Gasteiger partial charge in [0.05, 0.1) is 30.7 Å². The third-order valence-corrected chi connectivity index (χ3v) is 9.45. The minimum Gasteiger partial charge on any atom is -0.497 e. The molecule has 0 unspecified atom stereocenters. The Morgan fingerprint density at radius 3 is 2.28 bits per heavy atom. The van der Waals surface area contributed by atoms with Crippen LogP contribution in [0.3, 0.4) is 0 Å². The van der Waals surface area contributed by atoms with Crippen LogP contribution < -0.4 is 14.2 Å². The summed E-state index contributed by atoms with van der Waals surface area (Å²) in [5.74, 6) is 0.960. The van der Waals surface area contributed by atoms with Gasteiger partial charge in [-0.15, -0.1) is 0 Å². The van der Waals surface area contributed by atoms with Gasteiger partial charge in [0.1, 0.15) is 5.75 Å². The fourth-order valence-electron chi connectivity index (χ4n) is 4.75. The highest BCUT2D eigenvalue weighted by Crippen LogP contribution is 2.49. The summed E-state index contributed by atoms with van der Waals surface area (Å²) in [5.41, 5.74) is 3.78. The number of hydrogen-bond donors (Lipinski definition) is 0. The first-order chi connectivity index (χ1) is 18.6. The molecule has 1 atom stereocenters. The zero-order valence-electron chi connectivity index (χ0n) is 21.6. The van der Waals surface area contributed by atoms with E-state index in [4.69, 9.17) is 18.9 Å². The van der Waals surface area contributed by atoms with Gasteiger partial charge in [0.25, 0.3) is 0 Å². The zero-order valence-corrected chi connectivity index (χ0v) is 24.5. The topological polar surface area (TPSA) is 91.4 Å². The fraction of sp³-hybridized carbons (Fsp3) is 0.207. The highest BCUT2D eigenvalue weighted by atomic mass is 127. The van der Waals surface area contributed by atoms with Gasteiger partial charge in [-0.2, -0.15) is 4.31 Å². The maximum absolute atomic E-state index is 14.2. The highest BCUT2D eigenvalue weighted by molar-refractivity contribution is 14.1. The van der Waals surface area contributed by atoms with Crippen LogP contribution in [0.5, 0.6) is 17.2 Å². The predicted octanol–water partition coefficient (Wildman–Crippen LogP) is 5.40. The van der Waals surface area contributed by atoms with E-state index >= 15 is 0 Å². The molecule has 202 valence electrons. The van der Waals surface area contributed by atoms with Crippen LogP contribution in [0.15, 0.2) is 81.3 Å². The summed E-state index contributed by atoms with van der Waals surface area (Å²) in [6.07, 6.45) is 0. The van der Waals surface area contributed by atoms with Crippen molar-refractivity contribution in [3.8, 4) is 17.2 Å². The molecule has 2 heterocycles. The number of aryl methyl sites for hydroxylation is 1. The summed E-state index contributed by atoms with van der Waals surface area (Å²) in [5, 5.41) is 0. The largest absolute Gasteiger partial charge is 0.497 e. The maximum atomic E-state index is 14.2. The summed E-state index contributed by atoms with van der Waals surface area (Å²) in [7, 11) is -1.27. The number of hydrogen-bond acceptors (Lipinski definition) is 7. The fourth-order valence-corrected chi connectivity index (χ4v) is 7.52. The Kier molecular flexibility index (Phi) is 7.45. The number of halogens is 1. The molecule has 0 bridgehead atoms. The molecule has 0 amide bonds. The van der Waals surface area contributed by atoms with Crippen LogP contribution in [0.2, 0.25) is 0 Å². The number of benzene rings is 3. The first-order valence-corrected chi connectivity index (χ1v) is 14.5. The Bertz CT molecular complexity index is 1600. The molecular weight excluding hydrogens is 633 g/mol. The lowest BCUT2D eigenvalue weighted by atomic mass is 9.89. The standard InChI is InChI=1S/C29H26INO7S/c1-17-5-11-21(12-6-17)39(33,34)31-15-24(30)27(19-7-9-20(35-3)10-8-19)22-13-25-26(38-16-37-25)14-23(22)28(31)18(2)29(32)36-4/h5-14,28H,2,15-16H2,1,3-4H3/t28-/m0/s1. The molecule has 0 aromatic heterocycles. The molecule has 0 saturated carbocycles. The Morgan fingerprint density at radius 2 is 1.67 bits per heavy atom. The SMILES string of the molecule is C=C(C(=O)OC)[C@H]1c2cc3c(cc2C(c2ccc(OC)cc2)=C(I)CN1S(=O)(=O)c1ccc(C)cc1)OCO3. The lowest BCUT2D eigenvalue weighted by Gasteiger charge is -2.31. The Labute approximate surface area is 241 Å². The third kappa shape index (κ3) is 4.92. The van der Waals surface area contributed by atoms with Crippen LogP contribution in [0.1, 0.15) is 28.3 Å². The molecule has 0 fully saturated rings. The molecule has 3 aromatic carbocycles. The van der Waals surface area contributed by atoms with E-state index in [2.05, 4.69) is 29.2 Å². The molecule has 8 nitrogen and oxygen atoms in total. The van der Waals surface area contributed by atoms with E-state index in [0.29, 0.717) is 28.4 Å². The second-order valence-electron chi connectivity index (χ2n) is 9.08. The maximum Gasteiger partial charge on any atom is 0.335 e. The molecular formula is C29H26INO7S. The number of rotatable bonds is 6. The highest BCUT2D eigenvalue weighted by Gasteiger charge is 2.42. The normalized spacial score (nSPS) is 16.9. The van der Waals surface area contributed by atoms with E-state index in [0.717, 1.165) is 20.3 Å². The number of methoxy groups -OCH3 is 2. The molecule has 5 rings (SSSR count). The van der Waals surface area contributed by atoms with E-state index in [1.807, 2.05) is 37.3 Å². The number of ether oxygens (including phenoxy) is 4. The number of carbonyl (C=O) groups is 1. The van der Waals surface area contributed by atoms with Gasteiger partial charge < -0.3 is 18.9 Å². The van der Waals surface area contributed by atoms with Crippen molar-refractivity contribution in [1.82, 2.24) is 4.31 Å². The molecule has 2 aliphatic heterocycles. The van der Waals surface area contributed by atoms with Crippen LogP contribution >= 0.6 is 22.6 Å². The Morgan fingerprint density at radius 1 is 1.03 bits per heavy atom. The zero-order chi connectivity index (χ0) is 27.9. The smallest absolute Gasteiger partial charge is 0.335 e. The van der Waals surface area contributed by atoms with E-state index in [-0.39, 0.29) is 23.8 Å². The van der Waals surface area contributed by atoms with Crippen LogP contribution in [-0.4, -0.2) is 46.2 Å². The molecule has 0 aliphatic carbocycles. The molecule has 10 heteroatoms. The van der Waals surface area contributed by atoms with Crippen LogP contribution in [-0.2, 0) is 19.6 Å². The molecule has 2 aliphatic rings. The lowest BCUT2D eigenvalue weighted by molar-refractivity contribution is -0.136. The molecule has 0 spiro atoms. The quantitative estimate of drug-likeness (QED) is 0.199. The second kappa shape index (κ2) is 10.7. The minimum absolute atomic E-state index is 0.0140. The van der Waals surface area contributed by atoms with Gasteiger partial charge in [-0.1, -0.05) is 36.4 Å². The van der Waals surface area contributed by atoms with Crippen molar-refractivity contribution < 1.29 is 32.2 Å². The van der Waals surface area contributed by atoms with Gasteiger partial charge in [-0.3, -0.25) is 0 Å². The lowest BCUT2D eigenvalue weighted by Crippen LogP contribution is -2.37. The summed E-state index contributed by atoms with van der Waals surface area (Å²) in [4.78, 5) is 13.0. The van der Waals surface area contributed by atoms with Crippen LogP contribution in [0.4, 0.5) is 0 Å². The summed E-state index contributed by atoms with van der Waals surface area (Å²) in [6, 6.07) is 16.6. The summed E-state index contributed by atoms with van der Waals surface area (Å²) in [6.45, 7) is 5.91. The molecule has 3 aromatic rings. The van der Waals surface area contributed by atoms with E-state index in [1.54, 1.807) is 37.4 Å². The van der Waals surface area contributed by atoms with Gasteiger partial charge in [-0.05, 0) is 82.6 Å². The molecule has 0 N–H and O–H groups in total. The summed E-state index contributed by atoms with van der Waals surface area (Å²) >= 11 is 2.17. The van der Waals surface area contributed by atoms with Crippen molar-refractivity contribution in [2.75, 3.05) is 27.6 Å². The van der Waals surface area contributed by atoms with Gasteiger partial charge in [0, 0.05) is 15.7 Å². The predicted molar refractivity (Wildman–Crippen MR) is 155 cm³/mol. The van der Waals surface area contributed by atoms with Gasteiger partial charge in [-0.25, -0.2) is 13.2 Å². The third-order valence-electron chi connectivity index (χ3n) is 6.75. The molecule has 0 radical (unpaired) electrons. The van der Waals surface area contributed by atoms with E-state index in [9.17, 15) is 13.2 Å². The van der Waals surface area contributed by atoms with Crippen molar-refractivity contribution in [3.05, 3.63) is 98.6 Å². The average Bonchev–Trinajstić information content (AvgIpc) is 3.35. The average molecular weight is 659 g/mol. The monoisotopic (exact) mass is 659 g/mol. The number of fused-ring (bicyclic) bond motifs is 2. The number of sulfonamides is 1. The first kappa shape index (κ1) is 27.2. The van der Waals surface area contributed by atoms with E-state index in [1.165, 1.54) is 11.4 Å². The van der Waals surface area contributed by atoms with Crippen molar-refractivity contribution >= 4 is 44.2 Å². The van der Waals surface area contributed by atoms with Gasteiger partial charge >= 0.3 is 5.97 Å². The summed E-state index contributed by atoms with van der Waals surface area (Å²) < 4.78 is 52.2. The van der Waals surface area contributed by atoms with Crippen molar-refractivity contribution in [3.63, 3.8) is 0 Å². The van der Waals surface area contributed by atoms with Crippen LogP contribution in [0, 0.1) is 6.92 Å². The minimum atomic E-state index is -4.11. The molecule has 39 heavy (non-hydrogen) atoms. The van der Waals surface area contributed by atoms with Crippen molar-refractivity contribution in [2.24, 2.45) is 0 Å². The molecule has 0 saturated heterocycles. The first-order valence-electron chi connectivity index (χ1n) is 12.0. The number of carbonyl (C=O) groups excluding carboxylic acids is 1. The number of esters is 1. The Hall–Kier alpha value is -3.35. The van der Waals surface area contributed by atoms with Crippen molar-refractivity contribution in [2.45, 2.75) is 17.9 Å². The second-order valence-corrected chi connectivity index (χ2v) is 12.3. The van der Waals surface area contributed by atoms with Crippen molar-refractivity contribution in [1.29, 1.82) is 0 Å².